The summed E-state index contributed by atoms with van der Waals surface area (Å²) in [7, 11) is 0. The van der Waals surface area contributed by atoms with Crippen molar-refractivity contribution in [2.45, 2.75) is 13.3 Å². The van der Waals surface area contributed by atoms with Crippen molar-refractivity contribution in [1.82, 2.24) is 9.55 Å². The Morgan fingerprint density at radius 3 is 1.98 bits per heavy atom. The number of rotatable bonds is 5. The molecule has 0 amide bonds. The number of aryl methyl sites for hydroxylation is 1. The summed E-state index contributed by atoms with van der Waals surface area (Å²) < 4.78 is 8.70. The zero-order valence-electron chi connectivity index (χ0n) is 27.6. The monoisotopic (exact) mass is 640 g/mol. The number of fused-ring (bicyclic) bond motifs is 6. The Labute approximate surface area is 289 Å². The third kappa shape index (κ3) is 4.33. The number of hydrogen-bond acceptors (Lipinski definition) is 2. The fraction of sp³-hybridized carbons (Fsp3) is 0.0426. The van der Waals surface area contributed by atoms with Gasteiger partial charge in [-0.25, -0.2) is 4.98 Å². The molecule has 0 saturated carbocycles. The largest absolute Gasteiger partial charge is 0.456 e. The van der Waals surface area contributed by atoms with Crippen LogP contribution in [0, 0.1) is 0 Å². The highest BCUT2D eigenvalue weighted by molar-refractivity contribution is 6.26. The number of benzene rings is 8. The van der Waals surface area contributed by atoms with E-state index in [1.807, 2.05) is 6.07 Å². The maximum atomic E-state index is 6.40. The predicted molar refractivity (Wildman–Crippen MR) is 209 cm³/mol. The molecule has 0 unspecified atom stereocenters. The maximum absolute atomic E-state index is 6.40. The van der Waals surface area contributed by atoms with Gasteiger partial charge in [-0.15, -0.1) is 0 Å². The van der Waals surface area contributed by atoms with E-state index in [0.29, 0.717) is 0 Å². The van der Waals surface area contributed by atoms with E-state index in [1.165, 1.54) is 54.9 Å². The molecule has 0 saturated heterocycles. The lowest BCUT2D eigenvalue weighted by Gasteiger charge is -2.19. The summed E-state index contributed by atoms with van der Waals surface area (Å²) in [5.74, 6) is 1.06. The molecule has 0 N–H and O–H groups in total. The van der Waals surface area contributed by atoms with E-state index in [2.05, 4.69) is 169 Å². The van der Waals surface area contributed by atoms with Gasteiger partial charge in [0.05, 0.1) is 11.0 Å². The Morgan fingerprint density at radius 2 is 1.16 bits per heavy atom. The Hall–Kier alpha value is -6.45. The number of furan rings is 1. The zero-order chi connectivity index (χ0) is 33.2. The number of para-hydroxylation sites is 3. The van der Waals surface area contributed by atoms with Gasteiger partial charge in [0.2, 0.25) is 0 Å². The molecule has 0 atom stereocenters. The van der Waals surface area contributed by atoms with Crippen molar-refractivity contribution < 1.29 is 4.42 Å². The van der Waals surface area contributed by atoms with Gasteiger partial charge in [-0.1, -0.05) is 128 Å². The van der Waals surface area contributed by atoms with E-state index in [1.54, 1.807) is 0 Å². The van der Waals surface area contributed by atoms with E-state index in [4.69, 9.17) is 9.40 Å². The van der Waals surface area contributed by atoms with Gasteiger partial charge in [0.25, 0.3) is 0 Å². The van der Waals surface area contributed by atoms with Crippen LogP contribution in [0.5, 0.6) is 0 Å². The molecule has 10 aromatic rings. The first kappa shape index (κ1) is 28.6. The van der Waals surface area contributed by atoms with E-state index in [9.17, 15) is 0 Å². The summed E-state index contributed by atoms with van der Waals surface area (Å²) in [4.78, 5) is 4.93. The Morgan fingerprint density at radius 1 is 0.500 bits per heavy atom. The topological polar surface area (TPSA) is 31.0 Å². The Bertz CT molecular complexity index is 2890. The van der Waals surface area contributed by atoms with Crippen LogP contribution in [0.1, 0.15) is 12.7 Å². The molecule has 3 heteroatoms. The van der Waals surface area contributed by atoms with Crippen molar-refractivity contribution in [3.8, 4) is 39.1 Å². The zero-order valence-corrected chi connectivity index (χ0v) is 27.6. The van der Waals surface area contributed by atoms with Crippen molar-refractivity contribution >= 4 is 54.5 Å². The molecule has 8 aromatic carbocycles. The molecule has 50 heavy (non-hydrogen) atoms. The summed E-state index contributed by atoms with van der Waals surface area (Å²) in [5, 5.41) is 7.16. The van der Waals surface area contributed by atoms with Crippen LogP contribution in [0.3, 0.4) is 0 Å². The highest BCUT2D eigenvalue weighted by Gasteiger charge is 2.21. The molecule has 0 spiro atoms. The van der Waals surface area contributed by atoms with Crippen LogP contribution >= 0.6 is 0 Å². The first-order valence-electron chi connectivity index (χ1n) is 17.3. The quantitative estimate of drug-likeness (QED) is 0.175. The normalized spacial score (nSPS) is 11.8. The lowest BCUT2D eigenvalue weighted by atomic mass is 9.84. The van der Waals surface area contributed by atoms with Crippen LogP contribution < -0.4 is 0 Å². The van der Waals surface area contributed by atoms with Crippen LogP contribution in [0.25, 0.3) is 93.6 Å². The van der Waals surface area contributed by atoms with Gasteiger partial charge < -0.3 is 4.42 Å². The summed E-state index contributed by atoms with van der Waals surface area (Å²) in [6.07, 6.45) is 0.857. The highest BCUT2D eigenvalue weighted by Crippen LogP contribution is 2.47. The molecule has 236 valence electrons. The average Bonchev–Trinajstić information content (AvgIpc) is 3.76. The molecular weight excluding hydrogens is 609 g/mol. The lowest BCUT2D eigenvalue weighted by Crippen LogP contribution is -2.00. The molecule has 3 nitrogen and oxygen atoms in total. The average molecular weight is 641 g/mol. The van der Waals surface area contributed by atoms with E-state index in [-0.39, 0.29) is 0 Å². The van der Waals surface area contributed by atoms with Gasteiger partial charge in [0.1, 0.15) is 17.0 Å². The minimum Gasteiger partial charge on any atom is -0.456 e. The smallest absolute Gasteiger partial charge is 0.136 e. The molecular formula is C47H32N2O. The molecule has 0 bridgehead atoms. The second-order valence-corrected chi connectivity index (χ2v) is 13.0. The molecule has 2 aromatic heterocycles. The van der Waals surface area contributed by atoms with Crippen LogP contribution in [0.2, 0.25) is 0 Å². The van der Waals surface area contributed by atoms with E-state index < -0.39 is 0 Å². The van der Waals surface area contributed by atoms with Gasteiger partial charge >= 0.3 is 0 Å². The third-order valence-corrected chi connectivity index (χ3v) is 10.2. The number of aromatic nitrogens is 2. The summed E-state index contributed by atoms with van der Waals surface area (Å²) >= 11 is 0. The number of hydrogen-bond donors (Lipinski definition) is 0. The fourth-order valence-electron chi connectivity index (χ4n) is 7.95. The summed E-state index contributed by atoms with van der Waals surface area (Å²) in [5.41, 5.74) is 12.3. The van der Waals surface area contributed by atoms with Crippen molar-refractivity contribution in [2.24, 2.45) is 0 Å². The molecule has 0 aliphatic carbocycles. The first-order chi connectivity index (χ1) is 24.8. The number of nitrogens with zero attached hydrogens (tertiary/aromatic N) is 2. The Balaban J connectivity index is 1.27. The SMILES string of the molecule is CCc1nc2ccccc2n1-c1ccc(-c2c3ccccc3c(-c3cccc4oc5ccccc5c34)c3cc(-c4ccccc4)ccc23)cc1. The lowest BCUT2D eigenvalue weighted by molar-refractivity contribution is 0.669. The standard InChI is InChI=1S/C47H32N2O/c1-2-44-48-40-19-9-10-20-41(40)49(44)33-26-23-31(24-27-33)45-34-15-6-7-16-35(34)46(39-29-32(25-28-36(39)45)30-13-4-3-5-14-30)38-18-12-22-43-47(38)37-17-8-11-21-42(37)50-43/h3-29H,2H2,1H3. The van der Waals surface area contributed by atoms with Crippen molar-refractivity contribution in [3.63, 3.8) is 0 Å². The third-order valence-electron chi connectivity index (χ3n) is 10.2. The van der Waals surface area contributed by atoms with Gasteiger partial charge in [-0.2, -0.15) is 0 Å². The number of imidazole rings is 1. The minimum absolute atomic E-state index is 0.857. The fourth-order valence-corrected chi connectivity index (χ4v) is 7.95. The van der Waals surface area contributed by atoms with Gasteiger partial charge in [0.15, 0.2) is 0 Å². The molecule has 2 heterocycles. The Kier molecular flexibility index (Phi) is 6.47. The van der Waals surface area contributed by atoms with Crippen molar-refractivity contribution in [1.29, 1.82) is 0 Å². The molecule has 0 aliphatic heterocycles. The highest BCUT2D eigenvalue weighted by atomic mass is 16.3. The van der Waals surface area contributed by atoms with Crippen LogP contribution in [-0.4, -0.2) is 9.55 Å². The second-order valence-electron chi connectivity index (χ2n) is 13.0. The maximum Gasteiger partial charge on any atom is 0.136 e. The molecule has 0 fully saturated rings. The van der Waals surface area contributed by atoms with Crippen molar-refractivity contribution in [2.75, 3.05) is 0 Å². The van der Waals surface area contributed by atoms with E-state index >= 15 is 0 Å². The molecule has 0 aliphatic rings. The van der Waals surface area contributed by atoms with Crippen LogP contribution in [-0.2, 0) is 6.42 Å². The summed E-state index contributed by atoms with van der Waals surface area (Å²) in [6.45, 7) is 2.17. The van der Waals surface area contributed by atoms with Gasteiger partial charge in [-0.3, -0.25) is 4.57 Å². The van der Waals surface area contributed by atoms with Crippen LogP contribution in [0.15, 0.2) is 168 Å². The van der Waals surface area contributed by atoms with Gasteiger partial charge in [0, 0.05) is 22.9 Å². The molecule has 10 rings (SSSR count). The second kappa shape index (κ2) is 11.3. The van der Waals surface area contributed by atoms with Crippen LogP contribution in [0.4, 0.5) is 0 Å². The van der Waals surface area contributed by atoms with E-state index in [0.717, 1.165) is 50.9 Å². The van der Waals surface area contributed by atoms with Gasteiger partial charge in [-0.05, 0) is 97.4 Å². The predicted octanol–water partition coefficient (Wildman–Crippen LogP) is 12.8. The summed E-state index contributed by atoms with van der Waals surface area (Å²) in [6, 6.07) is 58.8. The first-order valence-corrected chi connectivity index (χ1v) is 17.3. The minimum atomic E-state index is 0.857. The van der Waals surface area contributed by atoms with Crippen molar-refractivity contribution in [3.05, 3.63) is 170 Å². The molecule has 0 radical (unpaired) electrons.